The molecule has 0 radical (unpaired) electrons. The number of nitrogens with two attached hydrogens (primary N) is 1. The van der Waals surface area contributed by atoms with Crippen LogP contribution in [-0.4, -0.2) is 5.97 Å². The van der Waals surface area contributed by atoms with Crippen molar-refractivity contribution in [1.29, 1.82) is 0 Å². The van der Waals surface area contributed by atoms with Gasteiger partial charge in [-0.05, 0) is 34.1 Å². The number of esters is 1. The van der Waals surface area contributed by atoms with E-state index in [1.54, 1.807) is 18.2 Å². The normalized spacial score (nSPS) is 10.3. The minimum absolute atomic E-state index is 0.0672. The summed E-state index contributed by atoms with van der Waals surface area (Å²) >= 11 is 9.03. The van der Waals surface area contributed by atoms with Crippen LogP contribution in [0, 0.1) is 5.82 Å². The second-order valence-corrected chi connectivity index (χ2v) is 5.17. The van der Waals surface area contributed by atoms with Gasteiger partial charge in [-0.25, -0.2) is 9.18 Å². The lowest BCUT2D eigenvalue weighted by atomic mass is 10.2. The molecule has 104 valence electrons. The number of rotatable bonds is 3. The van der Waals surface area contributed by atoms with E-state index in [1.807, 2.05) is 0 Å². The van der Waals surface area contributed by atoms with Gasteiger partial charge in [0.15, 0.2) is 0 Å². The Labute approximate surface area is 128 Å². The van der Waals surface area contributed by atoms with Crippen molar-refractivity contribution in [3.8, 4) is 0 Å². The van der Waals surface area contributed by atoms with Crippen molar-refractivity contribution < 1.29 is 13.9 Å². The number of anilines is 1. The molecule has 0 heterocycles. The molecule has 0 amide bonds. The standard InChI is InChI=1S/C14H10BrClFNO2/c15-12-8(3-1-5-10(12)17)7-20-14(19)9-4-2-6-11(18)13(9)16/h1-6H,7,18H2. The van der Waals surface area contributed by atoms with Crippen LogP contribution in [0.5, 0.6) is 0 Å². The molecule has 0 atom stereocenters. The zero-order chi connectivity index (χ0) is 14.7. The highest BCUT2D eigenvalue weighted by Crippen LogP contribution is 2.25. The average molecular weight is 359 g/mol. The van der Waals surface area contributed by atoms with Crippen LogP contribution >= 0.6 is 27.5 Å². The molecular formula is C14H10BrClFNO2. The molecule has 6 heteroatoms. The molecule has 0 saturated heterocycles. The Morgan fingerprint density at radius 3 is 2.75 bits per heavy atom. The van der Waals surface area contributed by atoms with Crippen molar-refractivity contribution >= 4 is 39.2 Å². The highest BCUT2D eigenvalue weighted by atomic mass is 79.9. The summed E-state index contributed by atoms with van der Waals surface area (Å²) in [4.78, 5) is 11.9. The molecule has 0 aliphatic rings. The van der Waals surface area contributed by atoms with E-state index >= 15 is 0 Å². The summed E-state index contributed by atoms with van der Waals surface area (Å²) in [5, 5.41) is 0.149. The zero-order valence-electron chi connectivity index (χ0n) is 10.2. The summed E-state index contributed by atoms with van der Waals surface area (Å²) in [5.74, 6) is -1.03. The molecule has 0 bridgehead atoms. The maximum absolute atomic E-state index is 13.3. The lowest BCUT2D eigenvalue weighted by molar-refractivity contribution is 0.0471. The molecule has 0 spiro atoms. The van der Waals surface area contributed by atoms with E-state index in [-0.39, 0.29) is 21.7 Å². The van der Waals surface area contributed by atoms with Gasteiger partial charge in [0, 0.05) is 5.56 Å². The molecule has 20 heavy (non-hydrogen) atoms. The minimum Gasteiger partial charge on any atom is -0.457 e. The van der Waals surface area contributed by atoms with Crippen molar-refractivity contribution in [3.63, 3.8) is 0 Å². The van der Waals surface area contributed by atoms with Gasteiger partial charge in [0.1, 0.15) is 12.4 Å². The minimum atomic E-state index is -0.613. The molecule has 0 saturated carbocycles. The Morgan fingerprint density at radius 1 is 1.30 bits per heavy atom. The molecule has 2 N–H and O–H groups in total. The highest BCUT2D eigenvalue weighted by molar-refractivity contribution is 9.10. The van der Waals surface area contributed by atoms with Crippen molar-refractivity contribution in [1.82, 2.24) is 0 Å². The number of ether oxygens (including phenoxy) is 1. The van der Waals surface area contributed by atoms with Gasteiger partial charge in [0.2, 0.25) is 0 Å². The molecule has 2 rings (SSSR count). The Morgan fingerprint density at radius 2 is 2.00 bits per heavy atom. The zero-order valence-corrected chi connectivity index (χ0v) is 12.5. The number of hydrogen-bond donors (Lipinski definition) is 1. The first-order valence-corrected chi connectivity index (χ1v) is 6.82. The van der Waals surface area contributed by atoms with Gasteiger partial charge in [-0.15, -0.1) is 0 Å². The third-order valence-corrected chi connectivity index (χ3v) is 3.95. The van der Waals surface area contributed by atoms with E-state index < -0.39 is 11.8 Å². The van der Waals surface area contributed by atoms with E-state index in [2.05, 4.69) is 15.9 Å². The Kier molecular flexibility index (Phi) is 4.62. The number of halogens is 3. The van der Waals surface area contributed by atoms with E-state index in [4.69, 9.17) is 22.1 Å². The smallest absolute Gasteiger partial charge is 0.340 e. The SMILES string of the molecule is Nc1cccc(C(=O)OCc2cccc(F)c2Br)c1Cl. The van der Waals surface area contributed by atoms with Crippen LogP contribution in [0.2, 0.25) is 5.02 Å². The van der Waals surface area contributed by atoms with Crippen molar-refractivity contribution in [3.05, 3.63) is 62.8 Å². The van der Waals surface area contributed by atoms with Gasteiger partial charge in [0.05, 0.1) is 20.7 Å². The number of carbonyl (C=O) groups is 1. The lowest BCUT2D eigenvalue weighted by Gasteiger charge is -2.09. The fourth-order valence-corrected chi connectivity index (χ4v) is 2.17. The Bertz CT molecular complexity index is 664. The molecule has 0 fully saturated rings. The maximum Gasteiger partial charge on any atom is 0.340 e. The lowest BCUT2D eigenvalue weighted by Crippen LogP contribution is -2.07. The van der Waals surface area contributed by atoms with Crippen LogP contribution in [-0.2, 0) is 11.3 Å². The van der Waals surface area contributed by atoms with Gasteiger partial charge in [-0.3, -0.25) is 0 Å². The molecule has 0 aliphatic carbocycles. The average Bonchev–Trinajstić information content (AvgIpc) is 2.43. The number of hydrogen-bond acceptors (Lipinski definition) is 3. The molecule has 2 aromatic carbocycles. The fourth-order valence-electron chi connectivity index (χ4n) is 1.59. The molecule has 0 aliphatic heterocycles. The summed E-state index contributed by atoms with van der Waals surface area (Å²) in [6.07, 6.45) is 0. The van der Waals surface area contributed by atoms with Gasteiger partial charge in [-0.2, -0.15) is 0 Å². The van der Waals surface area contributed by atoms with Crippen molar-refractivity contribution in [2.24, 2.45) is 0 Å². The first-order chi connectivity index (χ1) is 9.50. The maximum atomic E-state index is 13.3. The molecule has 0 aromatic heterocycles. The van der Waals surface area contributed by atoms with Crippen LogP contribution < -0.4 is 5.73 Å². The third kappa shape index (κ3) is 3.11. The summed E-state index contributed by atoms with van der Waals surface area (Å²) < 4.78 is 18.7. The van der Waals surface area contributed by atoms with Crippen LogP contribution in [0.3, 0.4) is 0 Å². The Balaban J connectivity index is 2.13. The van der Waals surface area contributed by atoms with E-state index in [0.29, 0.717) is 11.3 Å². The quantitative estimate of drug-likeness (QED) is 0.661. The monoisotopic (exact) mass is 357 g/mol. The molecular weight excluding hydrogens is 349 g/mol. The number of carbonyl (C=O) groups excluding carboxylic acids is 1. The molecule has 0 unspecified atom stereocenters. The van der Waals surface area contributed by atoms with E-state index in [9.17, 15) is 9.18 Å². The van der Waals surface area contributed by atoms with Crippen LogP contribution in [0.4, 0.5) is 10.1 Å². The second-order valence-electron chi connectivity index (χ2n) is 4.00. The molecule has 3 nitrogen and oxygen atoms in total. The van der Waals surface area contributed by atoms with Crippen molar-refractivity contribution in [2.75, 3.05) is 5.73 Å². The van der Waals surface area contributed by atoms with Gasteiger partial charge >= 0.3 is 5.97 Å². The number of nitrogen functional groups attached to an aromatic ring is 1. The van der Waals surface area contributed by atoms with E-state index in [0.717, 1.165) is 0 Å². The summed E-state index contributed by atoms with van der Waals surface area (Å²) in [6.45, 7) is -0.0672. The predicted molar refractivity (Wildman–Crippen MR) is 79.1 cm³/mol. The van der Waals surface area contributed by atoms with Crippen LogP contribution in [0.1, 0.15) is 15.9 Å². The van der Waals surface area contributed by atoms with Gasteiger partial charge in [0.25, 0.3) is 0 Å². The topological polar surface area (TPSA) is 52.3 Å². The highest BCUT2D eigenvalue weighted by Gasteiger charge is 2.14. The van der Waals surface area contributed by atoms with Gasteiger partial charge < -0.3 is 10.5 Å². The number of benzene rings is 2. The molecule has 2 aromatic rings. The summed E-state index contributed by atoms with van der Waals surface area (Å²) in [5.41, 5.74) is 6.62. The fraction of sp³-hybridized carbons (Fsp3) is 0.0714. The van der Waals surface area contributed by atoms with E-state index in [1.165, 1.54) is 18.2 Å². The third-order valence-electron chi connectivity index (χ3n) is 2.64. The second kappa shape index (κ2) is 6.24. The Hall–Kier alpha value is -1.59. The first kappa shape index (κ1) is 14.8. The largest absolute Gasteiger partial charge is 0.457 e. The summed E-state index contributed by atoms with van der Waals surface area (Å²) in [6, 6.07) is 9.21. The first-order valence-electron chi connectivity index (χ1n) is 5.64. The van der Waals surface area contributed by atoms with Gasteiger partial charge in [-0.1, -0.05) is 29.8 Å². The van der Waals surface area contributed by atoms with Crippen LogP contribution in [0.25, 0.3) is 0 Å². The summed E-state index contributed by atoms with van der Waals surface area (Å²) in [7, 11) is 0. The van der Waals surface area contributed by atoms with Crippen LogP contribution in [0.15, 0.2) is 40.9 Å². The van der Waals surface area contributed by atoms with Crippen molar-refractivity contribution in [2.45, 2.75) is 6.61 Å². The predicted octanol–water partition coefficient (Wildman–Crippen LogP) is 4.18.